The number of rotatable bonds is 5. The molecule has 1 fully saturated rings. The number of hydrogen-bond acceptors (Lipinski definition) is 4. The van der Waals surface area contributed by atoms with Gasteiger partial charge < -0.3 is 15.4 Å². The second-order valence-corrected chi connectivity index (χ2v) is 5.40. The number of amides is 1. The average molecular weight is 277 g/mol. The van der Waals surface area contributed by atoms with Crippen LogP contribution in [0.1, 0.15) is 32.3 Å². The Hall–Kier alpha value is -1.62. The van der Waals surface area contributed by atoms with Gasteiger partial charge in [0.2, 0.25) is 11.8 Å². The predicted molar refractivity (Wildman–Crippen MR) is 77.4 cm³/mol. The van der Waals surface area contributed by atoms with E-state index in [4.69, 9.17) is 4.74 Å². The van der Waals surface area contributed by atoms with Crippen LogP contribution >= 0.6 is 0 Å². The molecule has 1 aromatic rings. The largest absolute Gasteiger partial charge is 0.475 e. The van der Waals surface area contributed by atoms with Crippen molar-refractivity contribution in [2.45, 2.75) is 39.3 Å². The van der Waals surface area contributed by atoms with Gasteiger partial charge in [0.25, 0.3) is 0 Å². The first-order valence-electron chi connectivity index (χ1n) is 7.26. The predicted octanol–water partition coefficient (Wildman–Crippen LogP) is 1.48. The fraction of sp³-hybridized carbons (Fsp3) is 0.600. The molecule has 0 aromatic carbocycles. The summed E-state index contributed by atoms with van der Waals surface area (Å²) in [6.07, 6.45) is 3.80. The molecule has 0 spiro atoms. The van der Waals surface area contributed by atoms with E-state index in [-0.39, 0.29) is 17.9 Å². The normalized spacial score (nSPS) is 18.9. The third-order valence-electron chi connectivity index (χ3n) is 3.32. The number of nitrogens with one attached hydrogen (secondary N) is 2. The van der Waals surface area contributed by atoms with Gasteiger partial charge in [-0.1, -0.05) is 6.07 Å². The minimum Gasteiger partial charge on any atom is -0.475 e. The van der Waals surface area contributed by atoms with Crippen molar-refractivity contribution in [3.05, 3.63) is 23.9 Å². The van der Waals surface area contributed by atoms with E-state index in [1.54, 1.807) is 6.20 Å². The number of aromatic nitrogens is 1. The molecule has 5 nitrogen and oxygen atoms in total. The molecule has 110 valence electrons. The first-order valence-corrected chi connectivity index (χ1v) is 7.26. The summed E-state index contributed by atoms with van der Waals surface area (Å²) in [4.78, 5) is 16.3. The summed E-state index contributed by atoms with van der Waals surface area (Å²) < 4.78 is 5.65. The minimum atomic E-state index is 0.0712. The lowest BCUT2D eigenvalue weighted by molar-refractivity contribution is -0.125. The molecule has 2 rings (SSSR count). The molecule has 1 aromatic heterocycles. The van der Waals surface area contributed by atoms with E-state index in [1.807, 2.05) is 26.0 Å². The number of ether oxygens (including phenoxy) is 1. The van der Waals surface area contributed by atoms with Crippen LogP contribution in [0.25, 0.3) is 0 Å². The SMILES string of the molecule is CC(C)Oc1ncccc1CNC(=O)[C@H]1CCCNC1. The molecule has 1 aliphatic rings. The Labute approximate surface area is 120 Å². The van der Waals surface area contributed by atoms with Crippen LogP contribution in [0.3, 0.4) is 0 Å². The van der Waals surface area contributed by atoms with Crippen LogP contribution in [0.15, 0.2) is 18.3 Å². The van der Waals surface area contributed by atoms with Crippen molar-refractivity contribution in [2.24, 2.45) is 5.92 Å². The molecule has 2 N–H and O–H groups in total. The van der Waals surface area contributed by atoms with E-state index >= 15 is 0 Å². The van der Waals surface area contributed by atoms with Gasteiger partial charge in [0, 0.05) is 24.8 Å². The Morgan fingerprint density at radius 3 is 3.15 bits per heavy atom. The third kappa shape index (κ3) is 4.20. The summed E-state index contributed by atoms with van der Waals surface area (Å²) in [5.74, 6) is 0.788. The Bertz CT molecular complexity index is 442. The highest BCUT2D eigenvalue weighted by Crippen LogP contribution is 2.16. The van der Waals surface area contributed by atoms with E-state index < -0.39 is 0 Å². The van der Waals surface area contributed by atoms with Crippen molar-refractivity contribution in [2.75, 3.05) is 13.1 Å². The lowest BCUT2D eigenvalue weighted by Crippen LogP contribution is -2.40. The van der Waals surface area contributed by atoms with Crippen LogP contribution in [-0.2, 0) is 11.3 Å². The topological polar surface area (TPSA) is 63.2 Å². The maximum atomic E-state index is 12.1. The van der Waals surface area contributed by atoms with Crippen LogP contribution in [-0.4, -0.2) is 30.1 Å². The van der Waals surface area contributed by atoms with Gasteiger partial charge in [-0.05, 0) is 39.3 Å². The van der Waals surface area contributed by atoms with Crippen molar-refractivity contribution in [1.82, 2.24) is 15.6 Å². The molecule has 5 heteroatoms. The van der Waals surface area contributed by atoms with Crippen molar-refractivity contribution in [1.29, 1.82) is 0 Å². The Morgan fingerprint density at radius 2 is 2.45 bits per heavy atom. The first-order chi connectivity index (χ1) is 9.66. The zero-order valence-electron chi connectivity index (χ0n) is 12.2. The third-order valence-corrected chi connectivity index (χ3v) is 3.32. The molecular formula is C15H23N3O2. The molecule has 1 atom stereocenters. The van der Waals surface area contributed by atoms with Crippen molar-refractivity contribution in [3.63, 3.8) is 0 Å². The summed E-state index contributed by atoms with van der Waals surface area (Å²) >= 11 is 0. The Balaban J connectivity index is 1.91. The van der Waals surface area contributed by atoms with Gasteiger partial charge in [-0.15, -0.1) is 0 Å². The number of pyridine rings is 1. The maximum absolute atomic E-state index is 12.1. The molecule has 0 unspecified atom stereocenters. The smallest absolute Gasteiger partial charge is 0.224 e. The molecule has 1 amide bonds. The molecule has 20 heavy (non-hydrogen) atoms. The van der Waals surface area contributed by atoms with Crippen LogP contribution < -0.4 is 15.4 Å². The average Bonchev–Trinajstić information content (AvgIpc) is 2.46. The number of piperidine rings is 1. The monoisotopic (exact) mass is 277 g/mol. The van der Waals surface area contributed by atoms with Crippen LogP contribution in [0.5, 0.6) is 5.88 Å². The molecule has 2 heterocycles. The van der Waals surface area contributed by atoms with Gasteiger partial charge >= 0.3 is 0 Å². The minimum absolute atomic E-state index is 0.0712. The standard InChI is InChI=1S/C15H23N3O2/c1-11(2)20-15-13(6-4-8-17-15)10-18-14(19)12-5-3-7-16-9-12/h4,6,8,11-12,16H,3,5,7,9-10H2,1-2H3,(H,18,19)/t12-/m0/s1. The highest BCUT2D eigenvalue weighted by Gasteiger charge is 2.20. The lowest BCUT2D eigenvalue weighted by Gasteiger charge is -2.22. The van der Waals surface area contributed by atoms with Crippen LogP contribution in [0.4, 0.5) is 0 Å². The van der Waals surface area contributed by atoms with Crippen LogP contribution in [0, 0.1) is 5.92 Å². The lowest BCUT2D eigenvalue weighted by atomic mass is 9.99. The van der Waals surface area contributed by atoms with E-state index in [0.29, 0.717) is 12.4 Å². The highest BCUT2D eigenvalue weighted by molar-refractivity contribution is 5.79. The maximum Gasteiger partial charge on any atom is 0.224 e. The molecule has 1 aliphatic heterocycles. The number of carbonyl (C=O) groups excluding carboxylic acids is 1. The molecule has 0 bridgehead atoms. The van der Waals surface area contributed by atoms with E-state index in [1.165, 1.54) is 0 Å². The molecule has 0 aliphatic carbocycles. The van der Waals surface area contributed by atoms with Crippen molar-refractivity contribution < 1.29 is 9.53 Å². The molecule has 0 radical (unpaired) electrons. The van der Waals surface area contributed by atoms with E-state index in [0.717, 1.165) is 31.5 Å². The van der Waals surface area contributed by atoms with Gasteiger partial charge in [-0.2, -0.15) is 0 Å². The fourth-order valence-corrected chi connectivity index (χ4v) is 2.29. The van der Waals surface area contributed by atoms with Gasteiger partial charge in [-0.3, -0.25) is 4.79 Å². The van der Waals surface area contributed by atoms with E-state index in [2.05, 4.69) is 15.6 Å². The van der Waals surface area contributed by atoms with E-state index in [9.17, 15) is 4.79 Å². The summed E-state index contributed by atoms with van der Waals surface area (Å²) in [5, 5.41) is 6.24. The number of hydrogen-bond donors (Lipinski definition) is 2. The summed E-state index contributed by atoms with van der Waals surface area (Å²) in [7, 11) is 0. The van der Waals surface area contributed by atoms with Crippen LogP contribution in [0.2, 0.25) is 0 Å². The zero-order chi connectivity index (χ0) is 14.4. The number of nitrogens with zero attached hydrogens (tertiary/aromatic N) is 1. The van der Waals surface area contributed by atoms with Crippen molar-refractivity contribution in [3.8, 4) is 5.88 Å². The van der Waals surface area contributed by atoms with Gasteiger partial charge in [0.05, 0.1) is 12.0 Å². The molecule has 1 saturated heterocycles. The Kier molecular flexibility index (Phi) is 5.35. The molecule has 0 saturated carbocycles. The number of carbonyl (C=O) groups is 1. The summed E-state index contributed by atoms with van der Waals surface area (Å²) in [6, 6.07) is 3.79. The quantitative estimate of drug-likeness (QED) is 0.856. The summed E-state index contributed by atoms with van der Waals surface area (Å²) in [5.41, 5.74) is 0.915. The highest BCUT2D eigenvalue weighted by atomic mass is 16.5. The molecular weight excluding hydrogens is 254 g/mol. The van der Waals surface area contributed by atoms with Gasteiger partial charge in [0.1, 0.15) is 0 Å². The zero-order valence-corrected chi connectivity index (χ0v) is 12.2. The fourth-order valence-electron chi connectivity index (χ4n) is 2.29. The second kappa shape index (κ2) is 7.24. The first kappa shape index (κ1) is 14.8. The Morgan fingerprint density at radius 1 is 1.60 bits per heavy atom. The second-order valence-electron chi connectivity index (χ2n) is 5.40. The van der Waals surface area contributed by atoms with Gasteiger partial charge in [-0.25, -0.2) is 4.98 Å². The van der Waals surface area contributed by atoms with Gasteiger partial charge in [0.15, 0.2) is 0 Å². The summed E-state index contributed by atoms with van der Waals surface area (Å²) in [6.45, 7) is 6.17. The van der Waals surface area contributed by atoms with Crippen molar-refractivity contribution >= 4 is 5.91 Å².